The summed E-state index contributed by atoms with van der Waals surface area (Å²) in [4.78, 5) is 37.5. The van der Waals surface area contributed by atoms with Crippen LogP contribution in [0.3, 0.4) is 0 Å². The summed E-state index contributed by atoms with van der Waals surface area (Å²) in [6.45, 7) is 8.34. The van der Waals surface area contributed by atoms with Crippen molar-refractivity contribution in [3.8, 4) is 0 Å². The van der Waals surface area contributed by atoms with Crippen molar-refractivity contribution in [3.05, 3.63) is 29.8 Å². The first-order valence-corrected chi connectivity index (χ1v) is 8.48. The van der Waals surface area contributed by atoms with Gasteiger partial charge in [0.15, 0.2) is 0 Å². The maximum atomic E-state index is 12.4. The van der Waals surface area contributed by atoms with E-state index in [2.05, 4.69) is 5.32 Å². The normalized spacial score (nSPS) is 17.0. The van der Waals surface area contributed by atoms with Crippen molar-refractivity contribution in [2.75, 3.05) is 18.4 Å². The van der Waals surface area contributed by atoms with E-state index in [1.807, 2.05) is 39.0 Å². The predicted octanol–water partition coefficient (Wildman–Crippen LogP) is 2.64. The second-order valence-corrected chi connectivity index (χ2v) is 7.91. The number of carbonyl (C=O) groups is 3. The summed E-state index contributed by atoms with van der Waals surface area (Å²) >= 11 is 0. The molecule has 1 aromatic rings. The van der Waals surface area contributed by atoms with Crippen LogP contribution in [0, 0.1) is 5.41 Å². The largest absolute Gasteiger partial charge is 0.481 e. The topological polar surface area (TPSA) is 86.7 Å². The number of benzene rings is 1. The third-order valence-electron chi connectivity index (χ3n) is 4.85. The van der Waals surface area contributed by atoms with Crippen molar-refractivity contribution in [2.24, 2.45) is 5.41 Å². The molecule has 0 aliphatic carbocycles. The van der Waals surface area contributed by atoms with Gasteiger partial charge in [-0.1, -0.05) is 39.0 Å². The number of para-hydroxylation sites is 1. The first kappa shape index (κ1) is 19.0. The lowest BCUT2D eigenvalue weighted by molar-refractivity contribution is -0.154. The number of aliphatic carboxylic acids is 1. The number of piperidine rings is 1. The molecule has 2 amide bonds. The molecule has 6 nitrogen and oxygen atoms in total. The number of amides is 2. The fraction of sp³-hybridized carbons (Fsp3) is 0.526. The number of carboxylic acid groups (broad SMARTS) is 1. The van der Waals surface area contributed by atoms with Gasteiger partial charge < -0.3 is 15.3 Å². The second kappa shape index (κ2) is 6.86. The molecule has 0 spiro atoms. The van der Waals surface area contributed by atoms with Gasteiger partial charge in [0.05, 0.1) is 5.41 Å². The fourth-order valence-corrected chi connectivity index (χ4v) is 2.98. The number of nitrogens with one attached hydrogen (secondary N) is 1. The fourth-order valence-electron chi connectivity index (χ4n) is 2.98. The van der Waals surface area contributed by atoms with Crippen molar-refractivity contribution in [1.29, 1.82) is 0 Å². The Kier molecular flexibility index (Phi) is 5.20. The van der Waals surface area contributed by atoms with Gasteiger partial charge in [0, 0.05) is 18.8 Å². The van der Waals surface area contributed by atoms with Crippen LogP contribution in [0.15, 0.2) is 24.3 Å². The molecule has 1 aliphatic heterocycles. The summed E-state index contributed by atoms with van der Waals surface area (Å²) in [5.74, 6) is -2.16. The third-order valence-corrected chi connectivity index (χ3v) is 4.85. The van der Waals surface area contributed by atoms with E-state index in [1.54, 1.807) is 13.0 Å². The minimum atomic E-state index is -0.858. The van der Waals surface area contributed by atoms with Crippen LogP contribution in [0.2, 0.25) is 0 Å². The summed E-state index contributed by atoms with van der Waals surface area (Å²) in [7, 11) is 0. The van der Waals surface area contributed by atoms with Gasteiger partial charge in [-0.15, -0.1) is 0 Å². The summed E-state index contributed by atoms with van der Waals surface area (Å²) < 4.78 is 0. The molecule has 2 rings (SSSR count). The molecule has 0 saturated carbocycles. The number of anilines is 1. The quantitative estimate of drug-likeness (QED) is 0.806. The van der Waals surface area contributed by atoms with Gasteiger partial charge in [0.25, 0.3) is 0 Å². The van der Waals surface area contributed by atoms with Crippen molar-refractivity contribution < 1.29 is 19.5 Å². The third kappa shape index (κ3) is 4.18. The lowest BCUT2D eigenvalue weighted by Crippen LogP contribution is -2.48. The highest BCUT2D eigenvalue weighted by atomic mass is 16.4. The number of rotatable bonds is 2. The zero-order valence-electron chi connectivity index (χ0n) is 15.3. The molecule has 25 heavy (non-hydrogen) atoms. The van der Waals surface area contributed by atoms with Gasteiger partial charge in [0.1, 0.15) is 0 Å². The molecule has 1 saturated heterocycles. The van der Waals surface area contributed by atoms with Gasteiger partial charge in [-0.2, -0.15) is 0 Å². The monoisotopic (exact) mass is 346 g/mol. The zero-order chi connectivity index (χ0) is 18.8. The molecule has 6 heteroatoms. The van der Waals surface area contributed by atoms with Gasteiger partial charge in [-0.25, -0.2) is 0 Å². The minimum Gasteiger partial charge on any atom is -0.481 e. The Hall–Kier alpha value is -2.37. The van der Waals surface area contributed by atoms with Crippen LogP contribution in [0.25, 0.3) is 0 Å². The molecular formula is C19H26N2O4. The van der Waals surface area contributed by atoms with E-state index in [9.17, 15) is 19.5 Å². The number of likely N-dealkylation sites (tertiary alicyclic amines) is 1. The Morgan fingerprint density at radius 2 is 1.68 bits per heavy atom. The molecule has 0 aromatic heterocycles. The average Bonchev–Trinajstić information content (AvgIpc) is 2.54. The Labute approximate surface area is 148 Å². The van der Waals surface area contributed by atoms with Gasteiger partial charge in [0.2, 0.25) is 0 Å². The van der Waals surface area contributed by atoms with E-state index < -0.39 is 23.2 Å². The van der Waals surface area contributed by atoms with Crippen molar-refractivity contribution in [1.82, 2.24) is 4.90 Å². The van der Waals surface area contributed by atoms with E-state index in [4.69, 9.17) is 0 Å². The molecule has 1 aliphatic rings. The number of carbonyl (C=O) groups excluding carboxylic acids is 2. The number of carboxylic acids is 1. The van der Waals surface area contributed by atoms with Crippen LogP contribution in [0.1, 0.15) is 46.1 Å². The van der Waals surface area contributed by atoms with E-state index in [1.165, 1.54) is 4.90 Å². The molecule has 1 heterocycles. The van der Waals surface area contributed by atoms with Crippen LogP contribution in [-0.4, -0.2) is 40.9 Å². The van der Waals surface area contributed by atoms with Crippen LogP contribution < -0.4 is 5.32 Å². The van der Waals surface area contributed by atoms with Crippen molar-refractivity contribution in [2.45, 2.75) is 46.0 Å². The van der Waals surface area contributed by atoms with Crippen molar-refractivity contribution >= 4 is 23.5 Å². The molecule has 2 N–H and O–H groups in total. The lowest BCUT2D eigenvalue weighted by Gasteiger charge is -2.36. The summed E-state index contributed by atoms with van der Waals surface area (Å²) in [5.41, 5.74) is 0.585. The van der Waals surface area contributed by atoms with E-state index in [-0.39, 0.29) is 18.5 Å². The first-order chi connectivity index (χ1) is 11.5. The first-order valence-electron chi connectivity index (χ1n) is 8.48. The van der Waals surface area contributed by atoms with Crippen LogP contribution in [-0.2, 0) is 19.8 Å². The smallest absolute Gasteiger partial charge is 0.313 e. The maximum absolute atomic E-state index is 12.4. The average molecular weight is 346 g/mol. The summed E-state index contributed by atoms with van der Waals surface area (Å²) in [6, 6.07) is 7.42. The van der Waals surface area contributed by atoms with E-state index in [0.717, 1.165) is 5.56 Å². The van der Waals surface area contributed by atoms with Crippen LogP contribution in [0.5, 0.6) is 0 Å². The minimum absolute atomic E-state index is 0.165. The van der Waals surface area contributed by atoms with Crippen LogP contribution >= 0.6 is 0 Å². The summed E-state index contributed by atoms with van der Waals surface area (Å²) in [5, 5.41) is 12.0. The highest BCUT2D eigenvalue weighted by Crippen LogP contribution is 2.32. The highest BCUT2D eigenvalue weighted by molar-refractivity contribution is 6.39. The maximum Gasteiger partial charge on any atom is 0.313 e. The highest BCUT2D eigenvalue weighted by Gasteiger charge is 2.39. The Morgan fingerprint density at radius 3 is 2.20 bits per heavy atom. The second-order valence-electron chi connectivity index (χ2n) is 7.91. The lowest BCUT2D eigenvalue weighted by atomic mass is 9.80. The molecule has 0 unspecified atom stereocenters. The van der Waals surface area contributed by atoms with E-state index in [0.29, 0.717) is 18.5 Å². The summed E-state index contributed by atoms with van der Waals surface area (Å²) in [6.07, 6.45) is 0.694. The molecular weight excluding hydrogens is 320 g/mol. The molecule has 1 fully saturated rings. The van der Waals surface area contributed by atoms with E-state index >= 15 is 0 Å². The number of nitrogens with zero attached hydrogens (tertiary/aromatic N) is 1. The Bertz CT molecular complexity index is 683. The Balaban J connectivity index is 2.06. The van der Waals surface area contributed by atoms with Gasteiger partial charge in [-0.05, 0) is 36.8 Å². The molecule has 136 valence electrons. The van der Waals surface area contributed by atoms with Gasteiger partial charge in [-0.3, -0.25) is 14.4 Å². The standard InChI is InChI=1S/C19H26N2O4/c1-18(2,3)13-7-5-6-8-14(13)20-15(22)16(23)21-11-9-19(4,10-12-21)17(24)25/h5-8H,9-12H2,1-4H3,(H,20,22)(H,24,25). The number of hydrogen-bond donors (Lipinski definition) is 2. The molecule has 1 aromatic carbocycles. The SMILES string of the molecule is CC1(C(=O)O)CCN(C(=O)C(=O)Nc2ccccc2C(C)(C)C)CC1. The molecule has 0 radical (unpaired) electrons. The number of hydrogen-bond acceptors (Lipinski definition) is 3. The molecule has 0 atom stereocenters. The predicted molar refractivity (Wildman–Crippen MR) is 95.3 cm³/mol. The zero-order valence-corrected chi connectivity index (χ0v) is 15.3. The van der Waals surface area contributed by atoms with Crippen molar-refractivity contribution in [3.63, 3.8) is 0 Å². The Morgan fingerprint density at radius 1 is 1.12 bits per heavy atom. The molecule has 0 bridgehead atoms. The van der Waals surface area contributed by atoms with Gasteiger partial charge >= 0.3 is 17.8 Å². The van der Waals surface area contributed by atoms with Crippen LogP contribution in [0.4, 0.5) is 5.69 Å².